The summed E-state index contributed by atoms with van der Waals surface area (Å²) in [5, 5.41) is 6.29. The standard InChI is InChI=1S/C29H31N7O.C2H7N3.C2H6/c1-21-5-10-25(18-27(21)34-29-31-13-11-26(33-29)24-4-3-12-30-19-24)32-28(37)23-8-6-22(7-9-23)20-36-16-14-35(2)15-17-36;1-5-2(3)4;1-2/h3-13,18-19H,14-17,20H2,1-2H3,(H,32,37)(H,31,33,34);1H3,(H4,3,4,5);1-2H3. The van der Waals surface area contributed by atoms with E-state index < -0.39 is 0 Å². The van der Waals surface area contributed by atoms with Gasteiger partial charge in [0.1, 0.15) is 0 Å². The number of carbonyl (C=O) groups is 1. The average molecular weight is 597 g/mol. The molecule has 1 fully saturated rings. The molecule has 1 aliphatic heterocycles. The fraction of sp³-hybridized carbons (Fsp3) is 0.303. The lowest BCUT2D eigenvalue weighted by Crippen LogP contribution is -2.43. The Labute approximate surface area is 260 Å². The van der Waals surface area contributed by atoms with E-state index in [2.05, 4.69) is 47.4 Å². The maximum atomic E-state index is 12.9. The molecule has 2 aromatic heterocycles. The van der Waals surface area contributed by atoms with Crippen LogP contribution in [-0.2, 0) is 6.54 Å². The molecular formula is C33H44N10O. The van der Waals surface area contributed by atoms with E-state index in [-0.39, 0.29) is 11.9 Å². The van der Waals surface area contributed by atoms with Gasteiger partial charge in [0.15, 0.2) is 5.96 Å². The van der Waals surface area contributed by atoms with E-state index in [0.29, 0.717) is 17.2 Å². The van der Waals surface area contributed by atoms with Crippen molar-refractivity contribution < 1.29 is 4.79 Å². The lowest BCUT2D eigenvalue weighted by molar-refractivity contribution is 0.102. The lowest BCUT2D eigenvalue weighted by Gasteiger charge is -2.32. The van der Waals surface area contributed by atoms with Gasteiger partial charge in [0.25, 0.3) is 5.91 Å². The van der Waals surface area contributed by atoms with Crippen LogP contribution in [0.2, 0.25) is 0 Å². The summed E-state index contributed by atoms with van der Waals surface area (Å²) in [5.41, 5.74) is 15.7. The second-order valence-electron chi connectivity index (χ2n) is 10.0. The van der Waals surface area contributed by atoms with Crippen molar-refractivity contribution in [2.45, 2.75) is 27.3 Å². The molecule has 0 spiro atoms. The Morgan fingerprint density at radius 3 is 2.32 bits per heavy atom. The summed E-state index contributed by atoms with van der Waals surface area (Å²) in [6, 6.07) is 19.3. The van der Waals surface area contributed by atoms with Crippen molar-refractivity contribution in [3.63, 3.8) is 0 Å². The van der Waals surface area contributed by atoms with Crippen LogP contribution in [0.3, 0.4) is 0 Å². The topological polar surface area (TPSA) is 151 Å². The minimum atomic E-state index is -0.143. The molecule has 5 rings (SSSR count). The summed E-state index contributed by atoms with van der Waals surface area (Å²) < 4.78 is 0. The van der Waals surface area contributed by atoms with Crippen LogP contribution in [0.5, 0.6) is 0 Å². The Balaban J connectivity index is 0.000000688. The molecule has 0 atom stereocenters. The fourth-order valence-corrected chi connectivity index (χ4v) is 4.28. The van der Waals surface area contributed by atoms with Crippen LogP contribution in [0, 0.1) is 6.92 Å². The number of carbonyl (C=O) groups excluding carboxylic acids is 1. The van der Waals surface area contributed by atoms with Gasteiger partial charge in [-0.2, -0.15) is 0 Å². The van der Waals surface area contributed by atoms with Gasteiger partial charge in [-0.3, -0.25) is 19.7 Å². The minimum Gasteiger partial charge on any atom is -0.370 e. The van der Waals surface area contributed by atoms with Gasteiger partial charge in [-0.25, -0.2) is 9.97 Å². The quantitative estimate of drug-likeness (QED) is 0.178. The van der Waals surface area contributed by atoms with Gasteiger partial charge in [-0.15, -0.1) is 0 Å². The molecule has 0 bridgehead atoms. The molecular weight excluding hydrogens is 552 g/mol. The molecule has 1 saturated heterocycles. The summed E-state index contributed by atoms with van der Waals surface area (Å²) in [4.78, 5) is 34.2. The smallest absolute Gasteiger partial charge is 0.255 e. The van der Waals surface area contributed by atoms with Crippen LogP contribution in [0.4, 0.5) is 17.3 Å². The first-order chi connectivity index (χ1) is 21.3. The maximum absolute atomic E-state index is 12.9. The molecule has 0 saturated carbocycles. The molecule has 0 unspecified atom stereocenters. The Kier molecular flexibility index (Phi) is 13.2. The Morgan fingerprint density at radius 2 is 1.68 bits per heavy atom. The van der Waals surface area contributed by atoms with Gasteiger partial charge >= 0.3 is 0 Å². The number of benzene rings is 2. The Bertz CT molecular complexity index is 1480. The molecule has 0 radical (unpaired) electrons. The van der Waals surface area contributed by atoms with Crippen molar-refractivity contribution in [1.29, 1.82) is 0 Å². The summed E-state index contributed by atoms with van der Waals surface area (Å²) in [7, 11) is 3.70. The minimum absolute atomic E-state index is 0.130. The number of aryl methyl sites for hydroxylation is 1. The zero-order valence-corrected chi connectivity index (χ0v) is 26.3. The third-order valence-electron chi connectivity index (χ3n) is 6.83. The predicted molar refractivity (Wildman–Crippen MR) is 180 cm³/mol. The number of nitrogens with one attached hydrogen (secondary N) is 2. The highest BCUT2D eigenvalue weighted by molar-refractivity contribution is 6.04. The van der Waals surface area contributed by atoms with Crippen molar-refractivity contribution in [1.82, 2.24) is 24.8 Å². The molecule has 0 aliphatic carbocycles. The van der Waals surface area contributed by atoms with Crippen molar-refractivity contribution in [2.24, 2.45) is 16.5 Å². The maximum Gasteiger partial charge on any atom is 0.255 e. The molecule has 3 heterocycles. The number of nitrogens with two attached hydrogens (primary N) is 2. The highest BCUT2D eigenvalue weighted by Crippen LogP contribution is 2.24. The van der Waals surface area contributed by atoms with Gasteiger partial charge in [-0.1, -0.05) is 32.0 Å². The van der Waals surface area contributed by atoms with Crippen LogP contribution in [0.1, 0.15) is 35.3 Å². The molecule has 11 nitrogen and oxygen atoms in total. The number of hydrogen-bond acceptors (Lipinski definition) is 8. The number of guanidine groups is 1. The first-order valence-corrected chi connectivity index (χ1v) is 14.7. The largest absolute Gasteiger partial charge is 0.370 e. The number of amides is 1. The van der Waals surface area contributed by atoms with Gasteiger partial charge < -0.3 is 27.0 Å². The van der Waals surface area contributed by atoms with Crippen molar-refractivity contribution >= 4 is 29.2 Å². The van der Waals surface area contributed by atoms with E-state index in [1.807, 2.05) is 81.4 Å². The normalized spacial score (nSPS) is 12.9. The molecule has 2 aromatic carbocycles. The molecule has 1 aliphatic rings. The van der Waals surface area contributed by atoms with Crippen molar-refractivity contribution in [3.05, 3.63) is 95.9 Å². The highest BCUT2D eigenvalue weighted by Gasteiger charge is 2.14. The second kappa shape index (κ2) is 17.3. The van der Waals surface area contributed by atoms with E-state index in [1.54, 1.807) is 18.6 Å². The number of likely N-dealkylation sites (N-methyl/N-ethyl adjacent to an activating group) is 1. The van der Waals surface area contributed by atoms with Gasteiger partial charge in [-0.05, 0) is 67.6 Å². The predicted octanol–water partition coefficient (Wildman–Crippen LogP) is 4.51. The monoisotopic (exact) mass is 596 g/mol. The summed E-state index contributed by atoms with van der Waals surface area (Å²) >= 11 is 0. The SMILES string of the molecule is CC.CN=C(N)N.Cc1ccc(NC(=O)c2ccc(CN3CCN(C)CC3)cc2)cc1Nc1nccc(-c2cccnc2)n1. The van der Waals surface area contributed by atoms with Crippen LogP contribution < -0.4 is 22.1 Å². The zero-order chi connectivity index (χ0) is 31.9. The first-order valence-electron chi connectivity index (χ1n) is 14.7. The third-order valence-corrected chi connectivity index (χ3v) is 6.83. The molecule has 4 aromatic rings. The Morgan fingerprint density at radius 1 is 0.977 bits per heavy atom. The molecule has 11 heteroatoms. The number of aromatic nitrogens is 3. The number of hydrogen-bond donors (Lipinski definition) is 4. The number of anilines is 3. The van der Waals surface area contributed by atoms with Crippen molar-refractivity contribution in [2.75, 3.05) is 50.9 Å². The zero-order valence-electron chi connectivity index (χ0n) is 26.3. The summed E-state index contributed by atoms with van der Waals surface area (Å²) in [6.07, 6.45) is 5.22. The van der Waals surface area contributed by atoms with E-state index in [4.69, 9.17) is 11.5 Å². The van der Waals surface area contributed by atoms with Gasteiger partial charge in [0, 0.05) is 80.9 Å². The number of piperazine rings is 1. The average Bonchev–Trinajstić information content (AvgIpc) is 3.06. The number of pyridine rings is 1. The number of aliphatic imine (C=N–C) groups is 1. The molecule has 1 amide bonds. The fourth-order valence-electron chi connectivity index (χ4n) is 4.28. The summed E-state index contributed by atoms with van der Waals surface area (Å²) in [6.45, 7) is 11.2. The van der Waals surface area contributed by atoms with E-state index in [9.17, 15) is 4.79 Å². The Hall–Kier alpha value is -4.87. The number of rotatable bonds is 7. The second-order valence-corrected chi connectivity index (χ2v) is 10.0. The number of nitrogens with zero attached hydrogens (tertiary/aromatic N) is 6. The van der Waals surface area contributed by atoms with Crippen LogP contribution >= 0.6 is 0 Å². The van der Waals surface area contributed by atoms with Gasteiger partial charge in [0.2, 0.25) is 5.95 Å². The van der Waals surface area contributed by atoms with E-state index in [1.165, 1.54) is 12.6 Å². The molecule has 6 N–H and O–H groups in total. The molecule has 232 valence electrons. The summed E-state index contributed by atoms with van der Waals surface area (Å²) in [5.74, 6) is 0.463. The van der Waals surface area contributed by atoms with Crippen LogP contribution in [-0.4, -0.2) is 76.9 Å². The van der Waals surface area contributed by atoms with Crippen molar-refractivity contribution in [3.8, 4) is 11.3 Å². The molecule has 44 heavy (non-hydrogen) atoms. The van der Waals surface area contributed by atoms with E-state index >= 15 is 0 Å². The van der Waals surface area contributed by atoms with Gasteiger partial charge in [0.05, 0.1) is 5.69 Å². The highest BCUT2D eigenvalue weighted by atomic mass is 16.1. The first kappa shape index (κ1) is 33.6. The van der Waals surface area contributed by atoms with E-state index in [0.717, 1.165) is 55.2 Å². The van der Waals surface area contributed by atoms with Crippen LogP contribution in [0.15, 0.2) is 84.2 Å². The third kappa shape index (κ3) is 10.4. The van der Waals surface area contributed by atoms with Crippen LogP contribution in [0.25, 0.3) is 11.3 Å². The lowest BCUT2D eigenvalue weighted by atomic mass is 10.1.